The molecule has 3 rings (SSSR count). The fourth-order valence-electron chi connectivity index (χ4n) is 4.11. The number of methoxy groups -OCH3 is 2. The van der Waals surface area contributed by atoms with Gasteiger partial charge in [0.05, 0.1) is 6.61 Å². The highest BCUT2D eigenvalue weighted by molar-refractivity contribution is 5.64. The van der Waals surface area contributed by atoms with E-state index in [0.717, 1.165) is 36.8 Å². The summed E-state index contributed by atoms with van der Waals surface area (Å²) >= 11 is 0. The Balaban J connectivity index is 1.65. The van der Waals surface area contributed by atoms with Gasteiger partial charge in [-0.05, 0) is 67.3 Å². The van der Waals surface area contributed by atoms with E-state index in [0.29, 0.717) is 24.2 Å². The summed E-state index contributed by atoms with van der Waals surface area (Å²) in [5.74, 6) is 1.03. The van der Waals surface area contributed by atoms with Crippen molar-refractivity contribution in [3.63, 3.8) is 0 Å². The molecule has 27 heavy (non-hydrogen) atoms. The molecule has 2 aromatic rings. The molecule has 0 unspecified atom stereocenters. The van der Waals surface area contributed by atoms with E-state index in [1.807, 2.05) is 13.0 Å². The highest BCUT2D eigenvalue weighted by atomic mass is 19.1. The third-order valence-corrected chi connectivity index (χ3v) is 5.57. The van der Waals surface area contributed by atoms with Crippen molar-refractivity contribution in [1.29, 1.82) is 0 Å². The molecule has 0 heterocycles. The molecule has 1 aliphatic rings. The Morgan fingerprint density at radius 1 is 0.926 bits per heavy atom. The van der Waals surface area contributed by atoms with Gasteiger partial charge in [-0.2, -0.15) is 0 Å². The molecule has 1 saturated carbocycles. The van der Waals surface area contributed by atoms with Gasteiger partial charge < -0.3 is 14.2 Å². The van der Waals surface area contributed by atoms with Gasteiger partial charge in [0, 0.05) is 20.1 Å². The minimum Gasteiger partial charge on any atom is -0.491 e. The molecule has 0 bridgehead atoms. The average Bonchev–Trinajstić information content (AvgIpc) is 2.71. The smallest absolute Gasteiger partial charge is 0.165 e. The summed E-state index contributed by atoms with van der Waals surface area (Å²) in [4.78, 5) is 0. The van der Waals surface area contributed by atoms with Crippen LogP contribution in [0.3, 0.4) is 0 Å². The van der Waals surface area contributed by atoms with E-state index < -0.39 is 0 Å². The second-order valence-electron chi connectivity index (χ2n) is 7.15. The lowest BCUT2D eigenvalue weighted by atomic mass is 9.78. The predicted molar refractivity (Wildman–Crippen MR) is 106 cm³/mol. The van der Waals surface area contributed by atoms with Crippen LogP contribution in [0.5, 0.6) is 5.75 Å². The van der Waals surface area contributed by atoms with Gasteiger partial charge in [0.1, 0.15) is 0 Å². The van der Waals surface area contributed by atoms with Crippen molar-refractivity contribution < 1.29 is 18.6 Å². The first-order valence-corrected chi connectivity index (χ1v) is 9.74. The van der Waals surface area contributed by atoms with Gasteiger partial charge in [-0.1, -0.05) is 30.3 Å². The fraction of sp³-hybridized carbons (Fsp3) is 0.478. The van der Waals surface area contributed by atoms with E-state index in [1.165, 1.54) is 5.56 Å². The number of hydrogen-bond acceptors (Lipinski definition) is 3. The lowest BCUT2D eigenvalue weighted by Gasteiger charge is -2.32. The highest BCUT2D eigenvalue weighted by Crippen LogP contribution is 2.38. The van der Waals surface area contributed by atoms with Crippen LogP contribution in [0.1, 0.15) is 44.1 Å². The molecule has 3 nitrogen and oxygen atoms in total. The maximum absolute atomic E-state index is 14.1. The van der Waals surface area contributed by atoms with Crippen molar-refractivity contribution in [1.82, 2.24) is 0 Å². The van der Waals surface area contributed by atoms with E-state index in [1.54, 1.807) is 26.4 Å². The first-order valence-electron chi connectivity index (χ1n) is 9.74. The van der Waals surface area contributed by atoms with Crippen LogP contribution in [0.25, 0.3) is 11.1 Å². The zero-order valence-corrected chi connectivity index (χ0v) is 16.4. The summed E-state index contributed by atoms with van der Waals surface area (Å²) in [6.07, 6.45) is 4.42. The van der Waals surface area contributed by atoms with Gasteiger partial charge in [0.15, 0.2) is 17.9 Å². The number of ether oxygens (including phenoxy) is 3. The Bertz CT molecular complexity index is 717. The topological polar surface area (TPSA) is 27.7 Å². The zero-order valence-electron chi connectivity index (χ0n) is 16.4. The molecule has 146 valence electrons. The maximum Gasteiger partial charge on any atom is 0.165 e. The van der Waals surface area contributed by atoms with Crippen LogP contribution in [0, 0.1) is 11.7 Å². The normalized spacial score (nSPS) is 20.0. The average molecular weight is 372 g/mol. The van der Waals surface area contributed by atoms with Crippen LogP contribution in [-0.2, 0) is 9.47 Å². The lowest BCUT2D eigenvalue weighted by molar-refractivity contribution is -0.144. The summed E-state index contributed by atoms with van der Waals surface area (Å²) in [7, 11) is 3.42. The summed E-state index contributed by atoms with van der Waals surface area (Å²) in [6.45, 7) is 2.31. The molecular formula is C23H29FO3. The quantitative estimate of drug-likeness (QED) is 0.576. The molecule has 0 saturated heterocycles. The van der Waals surface area contributed by atoms with Gasteiger partial charge >= 0.3 is 0 Å². The Hall–Kier alpha value is -1.91. The van der Waals surface area contributed by atoms with Crippen molar-refractivity contribution in [3.05, 3.63) is 53.8 Å². The first kappa shape index (κ1) is 19.8. The van der Waals surface area contributed by atoms with Crippen LogP contribution in [0.4, 0.5) is 4.39 Å². The molecule has 0 radical (unpaired) electrons. The van der Waals surface area contributed by atoms with E-state index >= 15 is 0 Å². The molecular weight excluding hydrogens is 343 g/mol. The Labute approximate surface area is 161 Å². The molecule has 0 aromatic heterocycles. The molecule has 1 aliphatic carbocycles. The SMILES string of the molecule is CCOc1ccc(-c2ccc(C3CCC(C(OC)OC)CC3)cc2)cc1F. The minimum absolute atomic E-state index is 0.0946. The Morgan fingerprint density at radius 2 is 1.56 bits per heavy atom. The second-order valence-corrected chi connectivity index (χ2v) is 7.15. The molecule has 2 aromatic carbocycles. The standard InChI is InChI=1S/C23H29FO3/c1-4-27-22-14-13-20(15-21(22)24)18-7-5-16(6-8-18)17-9-11-19(12-10-17)23(25-2)26-3/h5-8,13-15,17,19,23H,4,9-12H2,1-3H3. The predicted octanol–water partition coefficient (Wildman–Crippen LogP) is 5.78. The zero-order chi connectivity index (χ0) is 19.2. The Morgan fingerprint density at radius 3 is 2.11 bits per heavy atom. The van der Waals surface area contributed by atoms with E-state index in [-0.39, 0.29) is 12.1 Å². The van der Waals surface area contributed by atoms with Crippen LogP contribution in [0.15, 0.2) is 42.5 Å². The molecule has 0 amide bonds. The number of halogens is 1. The largest absolute Gasteiger partial charge is 0.491 e. The fourth-order valence-corrected chi connectivity index (χ4v) is 4.11. The van der Waals surface area contributed by atoms with Crippen molar-refractivity contribution in [2.75, 3.05) is 20.8 Å². The summed E-state index contributed by atoms with van der Waals surface area (Å²) < 4.78 is 30.2. The summed E-state index contributed by atoms with van der Waals surface area (Å²) in [5, 5.41) is 0. The molecule has 4 heteroatoms. The van der Waals surface area contributed by atoms with Gasteiger partial charge in [-0.3, -0.25) is 0 Å². The molecule has 0 aliphatic heterocycles. The van der Waals surface area contributed by atoms with Gasteiger partial charge in [0.2, 0.25) is 0 Å². The number of rotatable bonds is 7. The van der Waals surface area contributed by atoms with Crippen LogP contribution >= 0.6 is 0 Å². The van der Waals surface area contributed by atoms with E-state index in [9.17, 15) is 4.39 Å². The molecule has 0 spiro atoms. The third-order valence-electron chi connectivity index (χ3n) is 5.57. The third kappa shape index (κ3) is 4.69. The highest BCUT2D eigenvalue weighted by Gasteiger charge is 2.28. The monoisotopic (exact) mass is 372 g/mol. The van der Waals surface area contributed by atoms with Crippen molar-refractivity contribution >= 4 is 0 Å². The number of benzene rings is 2. The molecule has 0 N–H and O–H groups in total. The van der Waals surface area contributed by atoms with Crippen molar-refractivity contribution in [2.45, 2.75) is 44.8 Å². The Kier molecular flexibility index (Phi) is 6.86. The minimum atomic E-state index is -0.317. The first-order chi connectivity index (χ1) is 13.2. The maximum atomic E-state index is 14.1. The van der Waals surface area contributed by atoms with Crippen molar-refractivity contribution in [3.8, 4) is 16.9 Å². The van der Waals surface area contributed by atoms with E-state index in [2.05, 4.69) is 24.3 Å². The second kappa shape index (κ2) is 9.34. The van der Waals surface area contributed by atoms with Gasteiger partial charge in [0.25, 0.3) is 0 Å². The van der Waals surface area contributed by atoms with E-state index in [4.69, 9.17) is 14.2 Å². The van der Waals surface area contributed by atoms with Gasteiger partial charge in [-0.15, -0.1) is 0 Å². The lowest BCUT2D eigenvalue weighted by Crippen LogP contribution is -2.28. The van der Waals surface area contributed by atoms with Crippen LogP contribution < -0.4 is 4.74 Å². The van der Waals surface area contributed by atoms with Crippen molar-refractivity contribution in [2.24, 2.45) is 5.92 Å². The number of hydrogen-bond donors (Lipinski definition) is 0. The molecule has 0 atom stereocenters. The summed E-state index contributed by atoms with van der Waals surface area (Å²) in [6, 6.07) is 13.7. The van der Waals surface area contributed by atoms with Crippen LogP contribution in [0.2, 0.25) is 0 Å². The molecule has 1 fully saturated rings. The summed E-state index contributed by atoms with van der Waals surface area (Å²) in [5.41, 5.74) is 3.25. The van der Waals surface area contributed by atoms with Gasteiger partial charge in [-0.25, -0.2) is 4.39 Å². The van der Waals surface area contributed by atoms with Crippen LogP contribution in [-0.4, -0.2) is 27.1 Å².